The molecule has 0 aromatic heterocycles. The molecule has 1 aromatic rings. The Morgan fingerprint density at radius 2 is 2.00 bits per heavy atom. The lowest BCUT2D eigenvalue weighted by molar-refractivity contribution is -0.00314. The van der Waals surface area contributed by atoms with Crippen LogP contribution in [0.4, 0.5) is 0 Å². The Morgan fingerprint density at radius 3 is 2.55 bits per heavy atom. The summed E-state index contributed by atoms with van der Waals surface area (Å²) in [6.07, 6.45) is 0.821. The van der Waals surface area contributed by atoms with E-state index in [2.05, 4.69) is 15.2 Å². The van der Waals surface area contributed by atoms with Crippen LogP contribution in [-0.4, -0.2) is 54.6 Å². The summed E-state index contributed by atoms with van der Waals surface area (Å²) >= 11 is 12.2. The molecule has 0 amide bonds. The number of nitrogens with two attached hydrogens (primary N) is 1. The molecule has 3 heterocycles. The molecule has 20 heavy (non-hydrogen) atoms. The minimum absolute atomic E-state index is 0.205. The van der Waals surface area contributed by atoms with Gasteiger partial charge in [0.25, 0.3) is 0 Å². The van der Waals surface area contributed by atoms with Crippen LogP contribution in [-0.2, 0) is 6.42 Å². The molecule has 6 heteroatoms. The van der Waals surface area contributed by atoms with Crippen LogP contribution in [0.5, 0.6) is 0 Å². The predicted molar refractivity (Wildman–Crippen MR) is 83.1 cm³/mol. The van der Waals surface area contributed by atoms with Gasteiger partial charge in [-0.05, 0) is 24.1 Å². The number of hydrazine groups is 1. The summed E-state index contributed by atoms with van der Waals surface area (Å²) in [6, 6.07) is 6.33. The highest BCUT2D eigenvalue weighted by Crippen LogP contribution is 2.25. The molecule has 3 N–H and O–H groups in total. The molecule has 3 saturated heterocycles. The minimum atomic E-state index is 0.205. The quantitative estimate of drug-likeness (QED) is 0.651. The van der Waals surface area contributed by atoms with Gasteiger partial charge < -0.3 is 0 Å². The highest BCUT2D eigenvalue weighted by molar-refractivity contribution is 6.35. The van der Waals surface area contributed by atoms with Crippen molar-refractivity contribution in [3.63, 3.8) is 0 Å². The van der Waals surface area contributed by atoms with Gasteiger partial charge in [-0.1, -0.05) is 29.3 Å². The van der Waals surface area contributed by atoms with E-state index in [0.717, 1.165) is 31.6 Å². The van der Waals surface area contributed by atoms with E-state index < -0.39 is 0 Å². The van der Waals surface area contributed by atoms with Crippen molar-refractivity contribution in [3.05, 3.63) is 33.8 Å². The maximum Gasteiger partial charge on any atom is 0.0453 e. The maximum absolute atomic E-state index is 6.27. The summed E-state index contributed by atoms with van der Waals surface area (Å²) in [5.41, 5.74) is 4.08. The zero-order chi connectivity index (χ0) is 14.1. The van der Waals surface area contributed by atoms with Gasteiger partial charge in [-0.25, -0.2) is 0 Å². The van der Waals surface area contributed by atoms with Crippen LogP contribution in [0, 0.1) is 0 Å². The van der Waals surface area contributed by atoms with Crippen LogP contribution in [0.25, 0.3) is 0 Å². The molecule has 3 fully saturated rings. The van der Waals surface area contributed by atoms with Gasteiger partial charge in [-0.3, -0.25) is 21.1 Å². The lowest BCUT2D eigenvalue weighted by atomic mass is 9.95. The number of hydrogen-bond acceptors (Lipinski definition) is 4. The van der Waals surface area contributed by atoms with Crippen LogP contribution in [0.15, 0.2) is 18.2 Å². The molecular formula is C14H20Cl2N4. The Balaban J connectivity index is 1.73. The van der Waals surface area contributed by atoms with Crippen LogP contribution < -0.4 is 11.3 Å². The lowest BCUT2D eigenvalue weighted by Crippen LogP contribution is -2.67. The third kappa shape index (κ3) is 2.96. The fourth-order valence-corrected chi connectivity index (χ4v) is 3.76. The topological polar surface area (TPSA) is 44.5 Å². The fourth-order valence-electron chi connectivity index (χ4n) is 3.27. The first-order chi connectivity index (χ1) is 9.67. The SMILES string of the molecule is NNC(Cc1ccc(Cl)cc1Cl)C1CN2CCN1CC2. The van der Waals surface area contributed by atoms with E-state index in [0.29, 0.717) is 16.1 Å². The van der Waals surface area contributed by atoms with Crippen molar-refractivity contribution in [1.29, 1.82) is 0 Å². The van der Waals surface area contributed by atoms with Crippen molar-refractivity contribution in [2.45, 2.75) is 18.5 Å². The number of nitrogens with zero attached hydrogens (tertiary/aromatic N) is 2. The molecule has 110 valence electrons. The van der Waals surface area contributed by atoms with Gasteiger partial charge in [0.15, 0.2) is 0 Å². The first-order valence-electron chi connectivity index (χ1n) is 7.04. The van der Waals surface area contributed by atoms with Crippen LogP contribution >= 0.6 is 23.2 Å². The van der Waals surface area contributed by atoms with E-state index in [1.165, 1.54) is 13.1 Å². The van der Waals surface area contributed by atoms with Crippen molar-refractivity contribution in [3.8, 4) is 0 Å². The molecule has 2 atom stereocenters. The monoisotopic (exact) mass is 314 g/mol. The van der Waals surface area contributed by atoms with Gasteiger partial charge in [0.05, 0.1) is 0 Å². The zero-order valence-electron chi connectivity index (χ0n) is 11.4. The molecule has 0 aliphatic carbocycles. The second-order valence-electron chi connectivity index (χ2n) is 5.62. The van der Waals surface area contributed by atoms with Gasteiger partial charge in [0, 0.05) is 54.9 Å². The van der Waals surface area contributed by atoms with E-state index in [-0.39, 0.29) is 6.04 Å². The normalized spacial score (nSPS) is 30.4. The van der Waals surface area contributed by atoms with Crippen molar-refractivity contribution in [2.75, 3.05) is 32.7 Å². The van der Waals surface area contributed by atoms with Crippen LogP contribution in [0.2, 0.25) is 10.0 Å². The van der Waals surface area contributed by atoms with E-state index in [1.807, 2.05) is 12.1 Å². The molecule has 0 radical (unpaired) electrons. The Hall–Kier alpha value is -0.360. The lowest BCUT2D eigenvalue weighted by Gasteiger charge is -2.50. The number of halogens is 2. The second kappa shape index (κ2) is 6.18. The Bertz CT molecular complexity index is 474. The molecule has 2 unspecified atom stereocenters. The van der Waals surface area contributed by atoms with Crippen molar-refractivity contribution in [1.82, 2.24) is 15.2 Å². The summed E-state index contributed by atoms with van der Waals surface area (Å²) < 4.78 is 0. The third-order valence-electron chi connectivity index (χ3n) is 4.45. The maximum atomic E-state index is 6.27. The first kappa shape index (κ1) is 14.6. The van der Waals surface area contributed by atoms with E-state index in [4.69, 9.17) is 29.0 Å². The summed E-state index contributed by atoms with van der Waals surface area (Å²) in [6.45, 7) is 5.71. The third-order valence-corrected chi connectivity index (χ3v) is 5.04. The molecule has 3 aliphatic rings. The smallest absolute Gasteiger partial charge is 0.0453 e. The molecule has 0 spiro atoms. The first-order valence-corrected chi connectivity index (χ1v) is 7.79. The van der Waals surface area contributed by atoms with Gasteiger partial charge in [0.1, 0.15) is 0 Å². The second-order valence-corrected chi connectivity index (χ2v) is 6.46. The number of benzene rings is 1. The van der Waals surface area contributed by atoms with Crippen LogP contribution in [0.1, 0.15) is 5.56 Å². The van der Waals surface area contributed by atoms with E-state index in [9.17, 15) is 0 Å². The van der Waals surface area contributed by atoms with Crippen LogP contribution in [0.3, 0.4) is 0 Å². The zero-order valence-corrected chi connectivity index (χ0v) is 12.9. The summed E-state index contributed by atoms with van der Waals surface area (Å²) in [5, 5.41) is 1.39. The number of nitrogens with one attached hydrogen (secondary N) is 1. The largest absolute Gasteiger partial charge is 0.299 e. The highest BCUT2D eigenvalue weighted by Gasteiger charge is 2.36. The number of rotatable bonds is 4. The molecule has 4 nitrogen and oxygen atoms in total. The average molecular weight is 315 g/mol. The van der Waals surface area contributed by atoms with Gasteiger partial charge >= 0.3 is 0 Å². The van der Waals surface area contributed by atoms with E-state index in [1.54, 1.807) is 6.07 Å². The summed E-state index contributed by atoms with van der Waals surface area (Å²) in [4.78, 5) is 5.05. The average Bonchev–Trinajstić information content (AvgIpc) is 2.48. The molecule has 2 bridgehead atoms. The van der Waals surface area contributed by atoms with Crippen molar-refractivity contribution in [2.24, 2.45) is 5.84 Å². The number of hydrogen-bond donors (Lipinski definition) is 2. The number of piperazine rings is 3. The predicted octanol–water partition coefficient (Wildman–Crippen LogP) is 1.37. The Kier molecular flexibility index (Phi) is 4.50. The molecule has 1 aromatic carbocycles. The summed E-state index contributed by atoms with van der Waals surface area (Å²) in [5.74, 6) is 5.80. The van der Waals surface area contributed by atoms with Crippen molar-refractivity contribution < 1.29 is 0 Å². The van der Waals surface area contributed by atoms with Gasteiger partial charge in [-0.15, -0.1) is 0 Å². The minimum Gasteiger partial charge on any atom is -0.299 e. The molecule has 3 aliphatic heterocycles. The molecule has 4 rings (SSSR count). The van der Waals surface area contributed by atoms with E-state index >= 15 is 0 Å². The van der Waals surface area contributed by atoms with Crippen molar-refractivity contribution >= 4 is 23.2 Å². The summed E-state index contributed by atoms with van der Waals surface area (Å²) in [7, 11) is 0. The van der Waals surface area contributed by atoms with Gasteiger partial charge in [0.2, 0.25) is 0 Å². The Labute approximate surface area is 129 Å². The molecule has 0 saturated carbocycles. The fraction of sp³-hybridized carbons (Fsp3) is 0.571. The molecular weight excluding hydrogens is 295 g/mol. The standard InChI is InChI=1S/C14H20Cl2N4/c15-11-2-1-10(12(16)8-11)7-13(18-17)14-9-19-3-5-20(14)6-4-19/h1-2,8,13-14,18H,3-7,9,17H2. The highest BCUT2D eigenvalue weighted by atomic mass is 35.5. The number of fused-ring (bicyclic) bond motifs is 3. The Morgan fingerprint density at radius 1 is 1.25 bits per heavy atom. The van der Waals surface area contributed by atoms with Gasteiger partial charge in [-0.2, -0.15) is 0 Å².